The van der Waals surface area contributed by atoms with E-state index < -0.39 is 45.9 Å². The molecule has 3 atom stereocenters. The van der Waals surface area contributed by atoms with E-state index >= 15 is 0 Å². The minimum atomic E-state index is -1.49. The SMILES string of the molecule is Cc1onc(-c2c(F)cccc2Cl)c1C(=O)NC(C(=O)O)C1NC(C(=O)O)C(C)(C)S1.[Na]. The molecular formula is C19H19ClFN3NaO6S. The van der Waals surface area contributed by atoms with Crippen molar-refractivity contribution in [3.05, 3.63) is 40.4 Å². The standard InChI is InChI=1S/C19H19ClFN3O6S.Na/c1-7-10(12(24-30-7)11-8(20)5-4-6-9(11)21)15(25)22-13(17(26)27)16-23-14(18(28)29)19(2,3)31-16;/h4-6,13-14,16,23H,1-3H3,(H,22,25)(H,26,27)(H,28,29);. The molecule has 9 nitrogen and oxygen atoms in total. The Hall–Kier alpha value is -1.63. The molecule has 3 unspecified atom stereocenters. The van der Waals surface area contributed by atoms with Crippen molar-refractivity contribution < 1.29 is 33.5 Å². The maximum atomic E-state index is 14.4. The number of hydrogen-bond donors (Lipinski definition) is 4. The second-order valence-corrected chi connectivity index (χ2v) is 9.63. The Kier molecular flexibility index (Phi) is 8.41. The quantitative estimate of drug-likeness (QED) is 0.444. The van der Waals surface area contributed by atoms with Crippen molar-refractivity contribution in [2.45, 2.75) is 43.0 Å². The van der Waals surface area contributed by atoms with Gasteiger partial charge in [0.05, 0.1) is 16.0 Å². The largest absolute Gasteiger partial charge is 0.480 e. The van der Waals surface area contributed by atoms with Gasteiger partial charge in [0.2, 0.25) is 0 Å². The summed E-state index contributed by atoms with van der Waals surface area (Å²) in [7, 11) is 0. The molecule has 0 spiro atoms. The van der Waals surface area contributed by atoms with Gasteiger partial charge in [-0.05, 0) is 32.9 Å². The number of aryl methyl sites for hydroxylation is 1. The number of carbonyl (C=O) groups excluding carboxylic acids is 1. The molecule has 2 heterocycles. The van der Waals surface area contributed by atoms with Crippen LogP contribution in [0.3, 0.4) is 0 Å². The Bertz CT molecular complexity index is 1050. The van der Waals surface area contributed by atoms with Crippen molar-refractivity contribution >= 4 is 70.8 Å². The molecule has 1 aliphatic rings. The van der Waals surface area contributed by atoms with Crippen molar-refractivity contribution in [3.8, 4) is 11.3 Å². The third kappa shape index (κ3) is 5.13. The van der Waals surface area contributed by atoms with Gasteiger partial charge in [-0.25, -0.2) is 9.18 Å². The summed E-state index contributed by atoms with van der Waals surface area (Å²) >= 11 is 7.15. The van der Waals surface area contributed by atoms with Crippen LogP contribution in [0.25, 0.3) is 11.3 Å². The Balaban J connectivity index is 0.00000363. The smallest absolute Gasteiger partial charge is 0.328 e. The number of nitrogens with zero attached hydrogens (tertiary/aromatic N) is 1. The average Bonchev–Trinajstić information content (AvgIpc) is 3.18. The number of carbonyl (C=O) groups is 3. The number of hydrogen-bond acceptors (Lipinski definition) is 7. The fourth-order valence-corrected chi connectivity index (χ4v) is 5.08. The Labute approximate surface area is 213 Å². The second kappa shape index (κ2) is 10.1. The van der Waals surface area contributed by atoms with E-state index in [1.165, 1.54) is 19.1 Å². The molecule has 0 aliphatic carbocycles. The topological polar surface area (TPSA) is 142 Å². The van der Waals surface area contributed by atoms with Crippen LogP contribution < -0.4 is 10.6 Å². The maximum Gasteiger partial charge on any atom is 0.328 e. The molecule has 0 bridgehead atoms. The van der Waals surface area contributed by atoms with Gasteiger partial charge in [-0.2, -0.15) is 0 Å². The molecule has 1 aromatic heterocycles. The minimum absolute atomic E-state index is 0. The van der Waals surface area contributed by atoms with Crippen LogP contribution in [-0.4, -0.2) is 85.0 Å². The van der Waals surface area contributed by atoms with Gasteiger partial charge in [0, 0.05) is 34.3 Å². The summed E-state index contributed by atoms with van der Waals surface area (Å²) in [5, 5.41) is 27.0. The molecule has 1 amide bonds. The van der Waals surface area contributed by atoms with Crippen molar-refractivity contribution in [3.63, 3.8) is 0 Å². The Morgan fingerprint density at radius 2 is 2.00 bits per heavy atom. The first kappa shape index (κ1) is 26.6. The van der Waals surface area contributed by atoms with Crippen molar-refractivity contribution in [1.82, 2.24) is 15.8 Å². The first-order valence-corrected chi connectivity index (χ1v) is 10.3. The van der Waals surface area contributed by atoms with E-state index in [9.17, 15) is 29.0 Å². The average molecular weight is 495 g/mol. The molecule has 1 aliphatic heterocycles. The van der Waals surface area contributed by atoms with Gasteiger partial charge < -0.3 is 20.1 Å². The predicted octanol–water partition coefficient (Wildman–Crippen LogP) is 2.14. The number of carboxylic acid groups (broad SMARTS) is 2. The van der Waals surface area contributed by atoms with E-state index in [-0.39, 0.29) is 57.2 Å². The molecule has 4 N–H and O–H groups in total. The fourth-order valence-electron chi connectivity index (χ4n) is 3.34. The first-order chi connectivity index (χ1) is 14.4. The summed E-state index contributed by atoms with van der Waals surface area (Å²) in [5.41, 5.74) is -0.494. The molecule has 3 rings (SSSR count). The molecule has 1 saturated heterocycles. The van der Waals surface area contributed by atoms with Gasteiger partial charge in [-0.15, -0.1) is 11.8 Å². The number of thioether (sulfide) groups is 1. The summed E-state index contributed by atoms with van der Waals surface area (Å²) in [6.45, 7) is 4.74. The molecule has 2 aromatic rings. The number of aliphatic carboxylic acids is 2. The van der Waals surface area contributed by atoms with Crippen LogP contribution in [-0.2, 0) is 9.59 Å². The van der Waals surface area contributed by atoms with E-state index in [0.29, 0.717) is 0 Å². The zero-order chi connectivity index (χ0) is 23.1. The van der Waals surface area contributed by atoms with Gasteiger partial charge in [0.25, 0.3) is 5.91 Å². The summed E-state index contributed by atoms with van der Waals surface area (Å²) in [6, 6.07) is 1.43. The van der Waals surface area contributed by atoms with E-state index in [1.807, 2.05) is 0 Å². The number of aromatic nitrogens is 1. The zero-order valence-electron chi connectivity index (χ0n) is 17.6. The molecule has 0 saturated carbocycles. The number of benzene rings is 1. The fraction of sp³-hybridized carbons (Fsp3) is 0.368. The van der Waals surface area contributed by atoms with Gasteiger partial charge in [-0.1, -0.05) is 22.8 Å². The van der Waals surface area contributed by atoms with Crippen LogP contribution in [0.15, 0.2) is 22.7 Å². The van der Waals surface area contributed by atoms with Gasteiger partial charge in [0.1, 0.15) is 28.9 Å². The van der Waals surface area contributed by atoms with Crippen LogP contribution in [0.1, 0.15) is 30.0 Å². The van der Waals surface area contributed by atoms with Crippen LogP contribution in [0.5, 0.6) is 0 Å². The van der Waals surface area contributed by atoms with Gasteiger partial charge >= 0.3 is 11.9 Å². The van der Waals surface area contributed by atoms with E-state index in [2.05, 4.69) is 15.8 Å². The third-order valence-corrected chi connectivity index (χ3v) is 6.67. The number of rotatable bonds is 6. The third-order valence-electron chi connectivity index (χ3n) is 4.85. The van der Waals surface area contributed by atoms with Gasteiger partial charge in [0.15, 0.2) is 6.04 Å². The summed E-state index contributed by atoms with van der Waals surface area (Å²) < 4.78 is 18.6. The Morgan fingerprint density at radius 3 is 2.53 bits per heavy atom. The van der Waals surface area contributed by atoms with Crippen LogP contribution in [0.2, 0.25) is 5.02 Å². The summed E-state index contributed by atoms with van der Waals surface area (Å²) in [5.74, 6) is -4.09. The van der Waals surface area contributed by atoms with E-state index in [0.717, 1.165) is 17.8 Å². The molecular weight excluding hydrogens is 476 g/mol. The van der Waals surface area contributed by atoms with Crippen LogP contribution >= 0.6 is 23.4 Å². The maximum absolute atomic E-state index is 14.4. The number of amides is 1. The summed E-state index contributed by atoms with van der Waals surface area (Å²) in [6.07, 6.45) is 0. The van der Waals surface area contributed by atoms with Crippen molar-refractivity contribution in [2.24, 2.45) is 0 Å². The monoisotopic (exact) mass is 494 g/mol. The number of nitrogens with one attached hydrogen (secondary N) is 2. The number of carboxylic acids is 2. The predicted molar refractivity (Wildman–Crippen MR) is 116 cm³/mol. The molecule has 167 valence electrons. The van der Waals surface area contributed by atoms with Crippen molar-refractivity contribution in [1.29, 1.82) is 0 Å². The second-order valence-electron chi connectivity index (χ2n) is 7.43. The minimum Gasteiger partial charge on any atom is -0.480 e. The van der Waals surface area contributed by atoms with E-state index in [1.54, 1.807) is 13.8 Å². The van der Waals surface area contributed by atoms with Gasteiger partial charge in [-0.3, -0.25) is 14.9 Å². The molecule has 1 aromatic carbocycles. The molecule has 1 radical (unpaired) electrons. The first-order valence-electron chi connectivity index (χ1n) is 9.05. The molecule has 1 fully saturated rings. The molecule has 32 heavy (non-hydrogen) atoms. The molecule has 13 heteroatoms. The summed E-state index contributed by atoms with van der Waals surface area (Å²) in [4.78, 5) is 36.4. The zero-order valence-corrected chi connectivity index (χ0v) is 21.2. The van der Waals surface area contributed by atoms with Crippen LogP contribution in [0, 0.1) is 12.7 Å². The van der Waals surface area contributed by atoms with Crippen molar-refractivity contribution in [2.75, 3.05) is 0 Å². The normalized spacial score (nSPS) is 20.3. The van der Waals surface area contributed by atoms with Crippen LogP contribution in [0.4, 0.5) is 4.39 Å². The number of halogens is 2. The Morgan fingerprint density at radius 1 is 1.34 bits per heavy atom. The van der Waals surface area contributed by atoms with E-state index in [4.69, 9.17) is 16.1 Å².